The van der Waals surface area contributed by atoms with Crippen molar-refractivity contribution in [3.8, 4) is 0 Å². The Bertz CT molecular complexity index is 325. The topological polar surface area (TPSA) is 20.2 Å². The highest BCUT2D eigenvalue weighted by Crippen LogP contribution is 2.37. The fourth-order valence-electron chi connectivity index (χ4n) is 2.30. The van der Waals surface area contributed by atoms with E-state index in [4.69, 9.17) is 0 Å². The Hall–Kier alpha value is -0.960. The van der Waals surface area contributed by atoms with E-state index in [9.17, 15) is 13.9 Å². The van der Waals surface area contributed by atoms with Gasteiger partial charge in [-0.3, -0.25) is 0 Å². The lowest BCUT2D eigenvalue weighted by molar-refractivity contribution is 0.104. The molecule has 0 bridgehead atoms. The number of hydrogen-bond acceptors (Lipinski definition) is 1. The second-order valence-corrected chi connectivity index (χ2v) is 4.12. The van der Waals surface area contributed by atoms with Crippen molar-refractivity contribution in [2.75, 3.05) is 0 Å². The van der Waals surface area contributed by atoms with Gasteiger partial charge in [-0.05, 0) is 30.9 Å². The maximum Gasteiger partial charge on any atom is 0.131 e. The molecule has 15 heavy (non-hydrogen) atoms. The van der Waals surface area contributed by atoms with Gasteiger partial charge in [0.15, 0.2) is 0 Å². The number of aliphatic hydroxyl groups excluding tert-OH is 1. The summed E-state index contributed by atoms with van der Waals surface area (Å²) in [6.45, 7) is 0. The summed E-state index contributed by atoms with van der Waals surface area (Å²) in [6, 6.07) is 3.70. The Morgan fingerprint density at radius 3 is 2.20 bits per heavy atom. The fourth-order valence-corrected chi connectivity index (χ4v) is 2.30. The summed E-state index contributed by atoms with van der Waals surface area (Å²) in [7, 11) is 0. The Morgan fingerprint density at radius 2 is 1.67 bits per heavy atom. The molecule has 1 atom stereocenters. The third kappa shape index (κ3) is 2.02. The molecule has 0 aromatic heterocycles. The number of rotatable bonds is 2. The molecule has 1 saturated carbocycles. The van der Waals surface area contributed by atoms with Gasteiger partial charge >= 0.3 is 0 Å². The number of halogens is 2. The van der Waals surface area contributed by atoms with Crippen LogP contribution >= 0.6 is 0 Å². The number of hydrogen-bond donors (Lipinski definition) is 1. The normalized spacial score (nSPS) is 19.4. The van der Waals surface area contributed by atoms with Crippen LogP contribution in [0, 0.1) is 17.6 Å². The molecule has 3 heteroatoms. The molecule has 1 aromatic rings. The van der Waals surface area contributed by atoms with Crippen LogP contribution in [0.3, 0.4) is 0 Å². The van der Waals surface area contributed by atoms with Crippen molar-refractivity contribution in [2.45, 2.75) is 31.8 Å². The van der Waals surface area contributed by atoms with E-state index in [2.05, 4.69) is 0 Å². The second-order valence-electron chi connectivity index (χ2n) is 4.12. The van der Waals surface area contributed by atoms with Crippen LogP contribution in [0.2, 0.25) is 0 Å². The SMILES string of the molecule is OC(c1c(F)cccc1F)C1CCCC1. The third-order valence-corrected chi connectivity index (χ3v) is 3.14. The summed E-state index contributed by atoms with van der Waals surface area (Å²) in [4.78, 5) is 0. The van der Waals surface area contributed by atoms with Crippen LogP contribution in [0.4, 0.5) is 8.78 Å². The first-order chi connectivity index (χ1) is 7.20. The summed E-state index contributed by atoms with van der Waals surface area (Å²) in [6.07, 6.45) is 2.80. The fraction of sp³-hybridized carbons (Fsp3) is 0.500. The van der Waals surface area contributed by atoms with Gasteiger partial charge in [0.25, 0.3) is 0 Å². The summed E-state index contributed by atoms with van der Waals surface area (Å²) < 4.78 is 26.7. The van der Waals surface area contributed by atoms with E-state index in [-0.39, 0.29) is 11.5 Å². The molecule has 0 spiro atoms. The minimum atomic E-state index is -0.992. The first-order valence-electron chi connectivity index (χ1n) is 5.32. The zero-order chi connectivity index (χ0) is 10.8. The maximum atomic E-state index is 13.4. The van der Waals surface area contributed by atoms with E-state index in [1.807, 2.05) is 0 Å². The van der Waals surface area contributed by atoms with Crippen molar-refractivity contribution < 1.29 is 13.9 Å². The monoisotopic (exact) mass is 212 g/mol. The van der Waals surface area contributed by atoms with Crippen LogP contribution in [0.1, 0.15) is 37.4 Å². The van der Waals surface area contributed by atoms with Crippen LogP contribution in [-0.2, 0) is 0 Å². The summed E-state index contributed by atoms with van der Waals surface area (Å²) in [5.74, 6) is -1.28. The molecule has 82 valence electrons. The third-order valence-electron chi connectivity index (χ3n) is 3.14. The summed E-state index contributed by atoms with van der Waals surface area (Å²) in [5, 5.41) is 9.90. The van der Waals surface area contributed by atoms with E-state index in [1.54, 1.807) is 0 Å². The molecule has 1 fully saturated rings. The molecule has 0 radical (unpaired) electrons. The Kier molecular flexibility index (Phi) is 3.00. The Morgan fingerprint density at radius 1 is 1.13 bits per heavy atom. The van der Waals surface area contributed by atoms with E-state index >= 15 is 0 Å². The highest BCUT2D eigenvalue weighted by atomic mass is 19.1. The molecule has 0 heterocycles. The van der Waals surface area contributed by atoms with Crippen LogP contribution < -0.4 is 0 Å². The molecule has 0 saturated heterocycles. The maximum absolute atomic E-state index is 13.4. The Labute approximate surface area is 87.7 Å². The number of benzene rings is 1. The van der Waals surface area contributed by atoms with Crippen LogP contribution in [0.15, 0.2) is 18.2 Å². The van der Waals surface area contributed by atoms with Gasteiger partial charge in [-0.15, -0.1) is 0 Å². The lowest BCUT2D eigenvalue weighted by atomic mass is 9.94. The van der Waals surface area contributed by atoms with Gasteiger partial charge in [0.1, 0.15) is 11.6 Å². The summed E-state index contributed by atoms with van der Waals surface area (Å²) >= 11 is 0. The first-order valence-corrected chi connectivity index (χ1v) is 5.32. The molecule has 1 aliphatic rings. The standard InChI is InChI=1S/C12H14F2O/c13-9-6-3-7-10(14)11(9)12(15)8-4-1-2-5-8/h3,6-8,12,15H,1-2,4-5H2. The van der Waals surface area contributed by atoms with Crippen LogP contribution in [0.5, 0.6) is 0 Å². The quantitative estimate of drug-likeness (QED) is 0.798. The molecule has 1 unspecified atom stereocenters. The molecule has 0 aliphatic heterocycles. The van der Waals surface area contributed by atoms with Gasteiger partial charge < -0.3 is 5.11 Å². The van der Waals surface area contributed by atoms with Crippen molar-refractivity contribution in [1.29, 1.82) is 0 Å². The predicted molar refractivity (Wildman–Crippen MR) is 53.3 cm³/mol. The van der Waals surface area contributed by atoms with E-state index in [0.29, 0.717) is 0 Å². The molecule has 1 N–H and O–H groups in total. The minimum Gasteiger partial charge on any atom is -0.388 e. The van der Waals surface area contributed by atoms with E-state index < -0.39 is 17.7 Å². The Balaban J connectivity index is 2.27. The van der Waals surface area contributed by atoms with Crippen molar-refractivity contribution >= 4 is 0 Å². The lowest BCUT2D eigenvalue weighted by Crippen LogP contribution is -2.12. The molecule has 0 amide bonds. The van der Waals surface area contributed by atoms with Crippen molar-refractivity contribution in [3.63, 3.8) is 0 Å². The summed E-state index contributed by atoms with van der Waals surface area (Å²) in [5.41, 5.74) is -0.163. The molecule has 1 aliphatic carbocycles. The molecular weight excluding hydrogens is 198 g/mol. The molecule has 2 rings (SSSR count). The average molecular weight is 212 g/mol. The smallest absolute Gasteiger partial charge is 0.131 e. The predicted octanol–water partition coefficient (Wildman–Crippen LogP) is 3.19. The second kappa shape index (κ2) is 4.27. The average Bonchev–Trinajstić information content (AvgIpc) is 2.69. The molecule has 1 aromatic carbocycles. The van der Waals surface area contributed by atoms with Crippen molar-refractivity contribution in [1.82, 2.24) is 0 Å². The molecular formula is C12H14F2O. The highest BCUT2D eigenvalue weighted by molar-refractivity contribution is 5.22. The van der Waals surface area contributed by atoms with E-state index in [0.717, 1.165) is 25.7 Å². The van der Waals surface area contributed by atoms with Gasteiger partial charge in [0, 0.05) is 0 Å². The largest absolute Gasteiger partial charge is 0.388 e. The number of aliphatic hydroxyl groups is 1. The van der Waals surface area contributed by atoms with E-state index in [1.165, 1.54) is 18.2 Å². The highest BCUT2D eigenvalue weighted by Gasteiger charge is 2.28. The van der Waals surface area contributed by atoms with Crippen LogP contribution in [-0.4, -0.2) is 5.11 Å². The zero-order valence-electron chi connectivity index (χ0n) is 8.42. The lowest BCUT2D eigenvalue weighted by Gasteiger charge is -2.18. The molecule has 1 nitrogen and oxygen atoms in total. The zero-order valence-corrected chi connectivity index (χ0v) is 8.42. The first kappa shape index (κ1) is 10.6. The van der Waals surface area contributed by atoms with Gasteiger partial charge in [-0.25, -0.2) is 8.78 Å². The van der Waals surface area contributed by atoms with Gasteiger partial charge in [-0.2, -0.15) is 0 Å². The van der Waals surface area contributed by atoms with Crippen molar-refractivity contribution in [2.24, 2.45) is 5.92 Å². The van der Waals surface area contributed by atoms with Gasteiger partial charge in [-0.1, -0.05) is 18.9 Å². The van der Waals surface area contributed by atoms with Crippen molar-refractivity contribution in [3.05, 3.63) is 35.4 Å². The van der Waals surface area contributed by atoms with Crippen LogP contribution in [0.25, 0.3) is 0 Å². The minimum absolute atomic E-state index is 0.0106. The van der Waals surface area contributed by atoms with Gasteiger partial charge in [0.2, 0.25) is 0 Å². The van der Waals surface area contributed by atoms with Gasteiger partial charge in [0.05, 0.1) is 11.7 Å².